The van der Waals surface area contributed by atoms with Crippen molar-refractivity contribution in [3.05, 3.63) is 53.1 Å². The average Bonchev–Trinajstić information content (AvgIpc) is 3.16. The van der Waals surface area contributed by atoms with Gasteiger partial charge in [0.15, 0.2) is 6.10 Å². The maximum Gasteiger partial charge on any atom is 0.418 e. The minimum absolute atomic E-state index is 0.0363. The molecule has 0 radical (unpaired) electrons. The van der Waals surface area contributed by atoms with Gasteiger partial charge in [-0.1, -0.05) is 17.7 Å². The molecule has 1 fully saturated rings. The van der Waals surface area contributed by atoms with Crippen molar-refractivity contribution in [3.8, 4) is 5.75 Å². The third-order valence-corrected chi connectivity index (χ3v) is 5.27. The molecule has 0 saturated carbocycles. The van der Waals surface area contributed by atoms with Gasteiger partial charge in [0.1, 0.15) is 5.75 Å². The summed E-state index contributed by atoms with van der Waals surface area (Å²) in [6, 6.07) is 9.64. The van der Waals surface area contributed by atoms with Gasteiger partial charge in [0, 0.05) is 29.7 Å². The molecule has 2 atom stereocenters. The van der Waals surface area contributed by atoms with Crippen LogP contribution in [-0.4, -0.2) is 37.5 Å². The number of rotatable bonds is 6. The molecule has 1 aliphatic rings. The molecule has 0 spiro atoms. The monoisotopic (exact) mass is 484 g/mol. The SMILES string of the molecule is COc1cccc(N2CC(C(=O)OC(C)C(=O)Nc3ccc(Cl)cc3C(F)(F)F)CC2=O)c1. The lowest BCUT2D eigenvalue weighted by molar-refractivity contribution is -0.157. The van der Waals surface area contributed by atoms with Crippen LogP contribution in [0.15, 0.2) is 42.5 Å². The number of esters is 1. The lowest BCUT2D eigenvalue weighted by atomic mass is 10.1. The molecule has 3 rings (SSSR count). The zero-order valence-corrected chi connectivity index (χ0v) is 18.4. The molecule has 0 bridgehead atoms. The summed E-state index contributed by atoms with van der Waals surface area (Å²) >= 11 is 5.63. The summed E-state index contributed by atoms with van der Waals surface area (Å²) in [5.74, 6) is -2.36. The summed E-state index contributed by atoms with van der Waals surface area (Å²) in [5.41, 5.74) is -1.10. The second kappa shape index (κ2) is 9.70. The van der Waals surface area contributed by atoms with E-state index in [0.717, 1.165) is 6.07 Å². The van der Waals surface area contributed by atoms with E-state index in [1.54, 1.807) is 24.3 Å². The summed E-state index contributed by atoms with van der Waals surface area (Å²) < 4.78 is 49.9. The number of ether oxygens (including phenoxy) is 2. The molecule has 1 saturated heterocycles. The number of amides is 2. The van der Waals surface area contributed by atoms with Gasteiger partial charge < -0.3 is 19.7 Å². The maximum atomic E-state index is 13.2. The van der Waals surface area contributed by atoms with Crippen molar-refractivity contribution in [2.75, 3.05) is 23.9 Å². The molecule has 1 aliphatic heterocycles. The predicted molar refractivity (Wildman–Crippen MR) is 114 cm³/mol. The quantitative estimate of drug-likeness (QED) is 0.618. The Bertz CT molecular complexity index is 1080. The zero-order valence-electron chi connectivity index (χ0n) is 17.6. The number of anilines is 2. The van der Waals surface area contributed by atoms with Crippen LogP contribution in [0.2, 0.25) is 5.02 Å². The van der Waals surface area contributed by atoms with Crippen molar-refractivity contribution >= 4 is 40.8 Å². The van der Waals surface area contributed by atoms with Crippen molar-refractivity contribution in [3.63, 3.8) is 0 Å². The Kier molecular flexibility index (Phi) is 7.16. The Morgan fingerprint density at radius 1 is 1.21 bits per heavy atom. The number of carbonyl (C=O) groups is 3. The van der Waals surface area contributed by atoms with Gasteiger partial charge >= 0.3 is 12.1 Å². The highest BCUT2D eigenvalue weighted by atomic mass is 35.5. The van der Waals surface area contributed by atoms with E-state index in [1.165, 1.54) is 25.0 Å². The summed E-state index contributed by atoms with van der Waals surface area (Å²) in [4.78, 5) is 38.7. The molecule has 1 heterocycles. The number of alkyl halides is 3. The Morgan fingerprint density at radius 3 is 2.61 bits per heavy atom. The number of benzene rings is 2. The minimum atomic E-state index is -4.75. The van der Waals surface area contributed by atoms with Gasteiger partial charge in [-0.05, 0) is 37.3 Å². The minimum Gasteiger partial charge on any atom is -0.497 e. The normalized spacial score (nSPS) is 17.0. The van der Waals surface area contributed by atoms with Crippen molar-refractivity contribution in [1.29, 1.82) is 0 Å². The molecule has 11 heteroatoms. The molecule has 2 unspecified atom stereocenters. The molecule has 0 aromatic heterocycles. The van der Waals surface area contributed by atoms with Gasteiger partial charge in [-0.2, -0.15) is 13.2 Å². The van der Waals surface area contributed by atoms with Crippen molar-refractivity contribution in [1.82, 2.24) is 0 Å². The van der Waals surface area contributed by atoms with Crippen LogP contribution in [-0.2, 0) is 25.3 Å². The fraction of sp³-hybridized carbons (Fsp3) is 0.318. The smallest absolute Gasteiger partial charge is 0.418 e. The van der Waals surface area contributed by atoms with Crippen molar-refractivity contribution < 1.29 is 37.0 Å². The topological polar surface area (TPSA) is 84.9 Å². The maximum absolute atomic E-state index is 13.2. The largest absolute Gasteiger partial charge is 0.497 e. The van der Waals surface area contributed by atoms with Crippen LogP contribution >= 0.6 is 11.6 Å². The van der Waals surface area contributed by atoms with E-state index in [2.05, 4.69) is 5.32 Å². The first-order chi connectivity index (χ1) is 15.5. The van der Waals surface area contributed by atoms with Crippen LogP contribution in [0.3, 0.4) is 0 Å². The number of nitrogens with one attached hydrogen (secondary N) is 1. The first-order valence-corrected chi connectivity index (χ1v) is 10.2. The summed E-state index contributed by atoms with van der Waals surface area (Å²) in [6.45, 7) is 1.27. The lowest BCUT2D eigenvalue weighted by Gasteiger charge is -2.19. The van der Waals surface area contributed by atoms with E-state index >= 15 is 0 Å². The van der Waals surface area contributed by atoms with E-state index in [4.69, 9.17) is 21.1 Å². The van der Waals surface area contributed by atoms with Gasteiger partial charge in [-0.15, -0.1) is 0 Å². The van der Waals surface area contributed by atoms with Crippen molar-refractivity contribution in [2.45, 2.75) is 25.6 Å². The molecule has 2 aromatic carbocycles. The van der Waals surface area contributed by atoms with E-state index in [1.807, 2.05) is 0 Å². The Hall–Kier alpha value is -3.27. The first kappa shape index (κ1) is 24.4. The van der Waals surface area contributed by atoms with Gasteiger partial charge in [0.25, 0.3) is 5.91 Å². The fourth-order valence-corrected chi connectivity index (χ4v) is 3.48. The number of hydrogen-bond acceptors (Lipinski definition) is 5. The average molecular weight is 485 g/mol. The molecular formula is C22H20ClF3N2O5. The van der Waals surface area contributed by atoms with Gasteiger partial charge in [-0.25, -0.2) is 0 Å². The molecule has 176 valence electrons. The number of halogens is 4. The second-order valence-corrected chi connectivity index (χ2v) is 7.80. The Labute approximate surface area is 192 Å². The first-order valence-electron chi connectivity index (χ1n) is 9.82. The number of nitrogens with zero attached hydrogens (tertiary/aromatic N) is 1. The zero-order chi connectivity index (χ0) is 24.3. The summed E-state index contributed by atoms with van der Waals surface area (Å²) in [5, 5.41) is 1.96. The third kappa shape index (κ3) is 5.75. The van der Waals surface area contributed by atoms with Gasteiger partial charge in [0.2, 0.25) is 5.91 Å². The number of hydrogen-bond donors (Lipinski definition) is 1. The molecule has 2 amide bonds. The van der Waals surface area contributed by atoms with E-state index in [9.17, 15) is 27.6 Å². The molecular weight excluding hydrogens is 465 g/mol. The predicted octanol–water partition coefficient (Wildman–Crippen LogP) is 4.29. The van der Waals surface area contributed by atoms with Crippen LogP contribution < -0.4 is 15.0 Å². The van der Waals surface area contributed by atoms with Gasteiger partial charge in [0.05, 0.1) is 24.3 Å². The van der Waals surface area contributed by atoms with Crippen LogP contribution in [0.25, 0.3) is 0 Å². The third-order valence-electron chi connectivity index (χ3n) is 5.03. The fourth-order valence-electron chi connectivity index (χ4n) is 3.31. The highest BCUT2D eigenvalue weighted by Crippen LogP contribution is 2.36. The molecule has 1 N–H and O–H groups in total. The molecule has 2 aromatic rings. The second-order valence-electron chi connectivity index (χ2n) is 7.36. The van der Waals surface area contributed by atoms with Crippen LogP contribution in [0, 0.1) is 5.92 Å². The van der Waals surface area contributed by atoms with E-state index in [0.29, 0.717) is 17.5 Å². The molecule has 0 aliphatic carbocycles. The molecule has 7 nitrogen and oxygen atoms in total. The summed E-state index contributed by atoms with van der Waals surface area (Å²) in [7, 11) is 1.49. The van der Waals surface area contributed by atoms with Crippen molar-refractivity contribution in [2.24, 2.45) is 5.92 Å². The summed E-state index contributed by atoms with van der Waals surface area (Å²) in [6.07, 6.45) is -6.27. The standard InChI is InChI=1S/C22H20ClF3N2O5/c1-12(20(30)27-18-7-6-14(23)9-17(18)22(24,25)26)33-21(31)13-8-19(29)28(11-13)15-4-3-5-16(10-15)32-2/h3-7,9-10,12-13H,8,11H2,1-2H3,(H,27,30). The Morgan fingerprint density at radius 2 is 1.94 bits per heavy atom. The van der Waals surface area contributed by atoms with E-state index in [-0.39, 0.29) is 23.9 Å². The lowest BCUT2D eigenvalue weighted by Crippen LogP contribution is -2.33. The van der Waals surface area contributed by atoms with Crippen LogP contribution in [0.1, 0.15) is 18.9 Å². The number of methoxy groups -OCH3 is 1. The van der Waals surface area contributed by atoms with Crippen LogP contribution in [0.4, 0.5) is 24.5 Å². The molecule has 33 heavy (non-hydrogen) atoms. The van der Waals surface area contributed by atoms with Gasteiger partial charge in [-0.3, -0.25) is 14.4 Å². The van der Waals surface area contributed by atoms with E-state index < -0.39 is 41.3 Å². The van der Waals surface area contributed by atoms with Crippen LogP contribution in [0.5, 0.6) is 5.75 Å². The number of carbonyl (C=O) groups excluding carboxylic acids is 3. The Balaban J connectivity index is 1.64. The highest BCUT2D eigenvalue weighted by Gasteiger charge is 2.38. The highest BCUT2D eigenvalue weighted by molar-refractivity contribution is 6.30.